The third kappa shape index (κ3) is 7.82. The standard InChI is InChI=1S/C24H29Cl2N3O8S/c1-5-6-19(33)18-10-29(28-27-18)21-22(35-13(3)31)20(11-34-12(2)30)37-24(23(21)36-14(4)32)38-15-7-8-16(25)17(26)9-15/h7-10,19-24,33H,5-6,11H2,1-4H3/t19?,20?,21?,22-,23-,24+/m0/s1. The first-order chi connectivity index (χ1) is 18.0. The van der Waals surface area contributed by atoms with Crippen molar-refractivity contribution in [3.8, 4) is 0 Å². The van der Waals surface area contributed by atoms with Gasteiger partial charge in [-0.05, 0) is 24.6 Å². The Morgan fingerprint density at radius 1 is 1.11 bits per heavy atom. The van der Waals surface area contributed by atoms with Crippen molar-refractivity contribution in [1.82, 2.24) is 15.0 Å². The number of rotatable bonds is 10. The number of carbonyl (C=O) groups excluding carboxylic acids is 3. The molecule has 1 N–H and O–H groups in total. The number of carbonyl (C=O) groups is 3. The first-order valence-corrected chi connectivity index (χ1v) is 13.5. The second kappa shape index (κ2) is 13.6. The maximum atomic E-state index is 12.2. The van der Waals surface area contributed by atoms with Crippen molar-refractivity contribution in [2.75, 3.05) is 6.61 Å². The summed E-state index contributed by atoms with van der Waals surface area (Å²) in [6, 6.07) is 4.01. The quantitative estimate of drug-likeness (QED) is 0.318. The normalized spacial score (nSPS) is 23.9. The van der Waals surface area contributed by atoms with E-state index in [9.17, 15) is 19.5 Å². The number of halogens is 2. The van der Waals surface area contributed by atoms with Gasteiger partial charge in [-0.25, -0.2) is 4.68 Å². The fraction of sp³-hybridized carbons (Fsp3) is 0.542. The van der Waals surface area contributed by atoms with E-state index < -0.39 is 53.8 Å². The van der Waals surface area contributed by atoms with Gasteiger partial charge in [0.05, 0.1) is 22.3 Å². The summed E-state index contributed by atoms with van der Waals surface area (Å²) in [6.07, 6.45) is -1.31. The lowest BCUT2D eigenvalue weighted by Gasteiger charge is -2.44. The number of nitrogens with zero attached hydrogens (tertiary/aromatic N) is 3. The molecule has 1 aliphatic rings. The Morgan fingerprint density at radius 2 is 1.79 bits per heavy atom. The summed E-state index contributed by atoms with van der Waals surface area (Å²) in [5, 5.41) is 19.4. The average Bonchev–Trinajstić information content (AvgIpc) is 3.31. The summed E-state index contributed by atoms with van der Waals surface area (Å²) in [5.41, 5.74) is -0.589. The van der Waals surface area contributed by atoms with Crippen LogP contribution in [-0.4, -0.2) is 68.4 Å². The Labute approximate surface area is 234 Å². The third-order valence-corrected chi connectivity index (χ3v) is 7.43. The molecule has 0 amide bonds. The highest BCUT2D eigenvalue weighted by Gasteiger charge is 2.52. The van der Waals surface area contributed by atoms with Crippen molar-refractivity contribution in [2.45, 2.75) is 81.3 Å². The molecule has 3 rings (SSSR count). The average molecular weight is 590 g/mol. The topological polar surface area (TPSA) is 139 Å². The van der Waals surface area contributed by atoms with Gasteiger partial charge in [-0.2, -0.15) is 0 Å². The third-order valence-electron chi connectivity index (χ3n) is 5.55. The zero-order valence-electron chi connectivity index (χ0n) is 21.2. The van der Waals surface area contributed by atoms with E-state index in [2.05, 4.69) is 10.3 Å². The van der Waals surface area contributed by atoms with E-state index in [0.717, 1.165) is 0 Å². The number of aromatic nitrogens is 3. The molecule has 0 bridgehead atoms. The van der Waals surface area contributed by atoms with Gasteiger partial charge in [0, 0.05) is 25.7 Å². The zero-order chi connectivity index (χ0) is 28.0. The van der Waals surface area contributed by atoms with Crippen molar-refractivity contribution < 1.29 is 38.4 Å². The Kier molecular flexibility index (Phi) is 10.8. The van der Waals surface area contributed by atoms with Gasteiger partial charge in [-0.15, -0.1) is 5.10 Å². The van der Waals surface area contributed by atoms with Crippen molar-refractivity contribution in [2.24, 2.45) is 0 Å². The lowest BCUT2D eigenvalue weighted by Crippen LogP contribution is -2.57. The molecule has 38 heavy (non-hydrogen) atoms. The molecule has 0 spiro atoms. The van der Waals surface area contributed by atoms with E-state index in [1.54, 1.807) is 18.2 Å². The summed E-state index contributed by atoms with van der Waals surface area (Å²) in [7, 11) is 0. The van der Waals surface area contributed by atoms with Gasteiger partial charge in [0.1, 0.15) is 29.9 Å². The van der Waals surface area contributed by atoms with Crippen molar-refractivity contribution in [3.05, 3.63) is 40.1 Å². The minimum atomic E-state index is -1.10. The van der Waals surface area contributed by atoms with Crippen LogP contribution in [0.15, 0.2) is 29.3 Å². The van der Waals surface area contributed by atoms with Crippen LogP contribution >= 0.6 is 35.0 Å². The van der Waals surface area contributed by atoms with E-state index in [1.165, 1.54) is 43.4 Å². The maximum absolute atomic E-state index is 12.2. The lowest BCUT2D eigenvalue weighted by atomic mass is 9.96. The minimum absolute atomic E-state index is 0.255. The van der Waals surface area contributed by atoms with Crippen LogP contribution in [0.4, 0.5) is 0 Å². The number of hydrogen-bond donors (Lipinski definition) is 1. The molecule has 1 saturated heterocycles. The highest BCUT2D eigenvalue weighted by molar-refractivity contribution is 7.99. The Bertz CT molecular complexity index is 1150. The van der Waals surface area contributed by atoms with Gasteiger partial charge >= 0.3 is 17.9 Å². The predicted octanol–water partition coefficient (Wildman–Crippen LogP) is 3.90. The summed E-state index contributed by atoms with van der Waals surface area (Å²) >= 11 is 13.4. The van der Waals surface area contributed by atoms with E-state index in [4.69, 9.17) is 42.1 Å². The molecule has 0 saturated carbocycles. The SMILES string of the molecule is CCCC(O)c1cn(C2[C@@H](OC(C)=O)C(COC(C)=O)O[C@H](Sc3ccc(Cl)c(Cl)c3)[C@H]2OC(C)=O)nn1. The fourth-order valence-electron chi connectivity index (χ4n) is 3.97. The van der Waals surface area contributed by atoms with Crippen molar-refractivity contribution in [3.63, 3.8) is 0 Å². The first-order valence-electron chi connectivity index (χ1n) is 11.8. The molecule has 1 fully saturated rings. The van der Waals surface area contributed by atoms with Crippen LogP contribution in [0.25, 0.3) is 0 Å². The molecule has 11 nitrogen and oxygen atoms in total. The number of thioether (sulfide) groups is 1. The van der Waals surface area contributed by atoms with E-state index >= 15 is 0 Å². The minimum Gasteiger partial charge on any atom is -0.463 e. The lowest BCUT2D eigenvalue weighted by molar-refractivity contribution is -0.212. The Balaban J connectivity index is 2.09. The number of esters is 3. The first kappa shape index (κ1) is 30.2. The number of aliphatic hydroxyl groups is 1. The molecular formula is C24H29Cl2N3O8S. The number of ether oxygens (including phenoxy) is 4. The molecule has 1 aromatic heterocycles. The second-order valence-corrected chi connectivity index (χ2v) is 10.6. The molecule has 2 heterocycles. The molecule has 6 atom stereocenters. The predicted molar refractivity (Wildman–Crippen MR) is 138 cm³/mol. The molecule has 0 aliphatic carbocycles. The van der Waals surface area contributed by atoms with Gasteiger partial charge in [-0.1, -0.05) is 53.5 Å². The smallest absolute Gasteiger partial charge is 0.303 e. The molecule has 14 heteroatoms. The second-order valence-electron chi connectivity index (χ2n) is 8.61. The summed E-state index contributed by atoms with van der Waals surface area (Å²) < 4.78 is 24.1. The van der Waals surface area contributed by atoms with E-state index in [1.807, 2.05) is 6.92 Å². The van der Waals surface area contributed by atoms with Gasteiger partial charge in [0.25, 0.3) is 0 Å². The molecule has 208 valence electrons. The van der Waals surface area contributed by atoms with Crippen molar-refractivity contribution in [1.29, 1.82) is 0 Å². The zero-order valence-corrected chi connectivity index (χ0v) is 23.5. The molecular weight excluding hydrogens is 561 g/mol. The molecule has 1 aromatic carbocycles. The summed E-state index contributed by atoms with van der Waals surface area (Å²) in [5.74, 6) is -1.82. The van der Waals surface area contributed by atoms with Crippen LogP contribution in [0.3, 0.4) is 0 Å². The van der Waals surface area contributed by atoms with Crippen LogP contribution in [0, 0.1) is 0 Å². The van der Waals surface area contributed by atoms with Crippen LogP contribution < -0.4 is 0 Å². The van der Waals surface area contributed by atoms with Crippen LogP contribution in [0.2, 0.25) is 10.0 Å². The number of aliphatic hydroxyl groups excluding tert-OH is 1. The van der Waals surface area contributed by atoms with E-state index in [-0.39, 0.29) is 6.61 Å². The van der Waals surface area contributed by atoms with Crippen LogP contribution in [0.1, 0.15) is 58.4 Å². The largest absolute Gasteiger partial charge is 0.463 e. The Morgan fingerprint density at radius 3 is 2.39 bits per heavy atom. The Hall–Kier alpha value is -2.38. The summed E-state index contributed by atoms with van der Waals surface area (Å²) in [4.78, 5) is 36.6. The molecule has 1 aliphatic heterocycles. The number of benzene rings is 1. The highest BCUT2D eigenvalue weighted by Crippen LogP contribution is 2.42. The van der Waals surface area contributed by atoms with Crippen LogP contribution in [-0.2, 0) is 33.3 Å². The molecule has 2 aromatic rings. The van der Waals surface area contributed by atoms with Gasteiger partial charge in [0.2, 0.25) is 0 Å². The fourth-order valence-corrected chi connectivity index (χ4v) is 5.49. The highest BCUT2D eigenvalue weighted by atomic mass is 35.5. The maximum Gasteiger partial charge on any atom is 0.303 e. The molecule has 0 radical (unpaired) electrons. The van der Waals surface area contributed by atoms with Gasteiger partial charge in [0.15, 0.2) is 12.2 Å². The molecule has 3 unspecified atom stereocenters. The van der Waals surface area contributed by atoms with Gasteiger partial charge in [-0.3, -0.25) is 14.4 Å². The van der Waals surface area contributed by atoms with Gasteiger partial charge < -0.3 is 24.1 Å². The van der Waals surface area contributed by atoms with Crippen molar-refractivity contribution >= 4 is 52.9 Å². The summed E-state index contributed by atoms with van der Waals surface area (Å²) in [6.45, 7) is 5.36. The van der Waals surface area contributed by atoms with E-state index in [0.29, 0.717) is 33.5 Å². The van der Waals surface area contributed by atoms with Crippen LogP contribution in [0.5, 0.6) is 0 Å². The monoisotopic (exact) mass is 589 g/mol. The number of hydrogen-bond acceptors (Lipinski definition) is 11.